The van der Waals surface area contributed by atoms with Gasteiger partial charge in [0, 0.05) is 6.92 Å². The van der Waals surface area contributed by atoms with Crippen molar-refractivity contribution in [1.82, 2.24) is 0 Å². The van der Waals surface area contributed by atoms with Gasteiger partial charge in [0.25, 0.3) is 0 Å². The van der Waals surface area contributed by atoms with E-state index in [9.17, 15) is 15.0 Å². The van der Waals surface area contributed by atoms with Crippen molar-refractivity contribution in [2.45, 2.75) is 90.8 Å². The third kappa shape index (κ3) is 6.78. The van der Waals surface area contributed by atoms with Gasteiger partial charge in [0.05, 0.1) is 13.2 Å². The van der Waals surface area contributed by atoms with E-state index >= 15 is 0 Å². The van der Waals surface area contributed by atoms with E-state index in [0.29, 0.717) is 30.3 Å². The molecule has 0 aromatic heterocycles. The lowest BCUT2D eigenvalue weighted by Gasteiger charge is -2.45. The molecule has 0 aromatic rings. The fraction of sp³-hybridized carbons (Fsp3) is 0.741. The Bertz CT molecular complexity index is 752. The Hall–Kier alpha value is -1.47. The summed E-state index contributed by atoms with van der Waals surface area (Å²) in [5.74, 6) is 1.25. The van der Waals surface area contributed by atoms with Crippen LogP contribution in [0.5, 0.6) is 0 Å². The van der Waals surface area contributed by atoms with E-state index in [1.165, 1.54) is 30.1 Å². The molecule has 0 amide bonds. The fourth-order valence-electron chi connectivity index (χ4n) is 5.73. The van der Waals surface area contributed by atoms with E-state index in [0.717, 1.165) is 32.1 Å². The third-order valence-electron chi connectivity index (χ3n) is 7.51. The molecule has 1 unspecified atom stereocenters. The van der Waals surface area contributed by atoms with Crippen LogP contribution in [0.1, 0.15) is 66.2 Å². The summed E-state index contributed by atoms with van der Waals surface area (Å²) in [6, 6.07) is 0. The maximum absolute atomic E-state index is 11.6. The van der Waals surface area contributed by atoms with Gasteiger partial charge in [-0.15, -0.1) is 0 Å². The van der Waals surface area contributed by atoms with Gasteiger partial charge >= 0.3 is 5.97 Å². The number of esters is 1. The van der Waals surface area contributed by atoms with E-state index < -0.39 is 30.6 Å². The van der Waals surface area contributed by atoms with Gasteiger partial charge in [0.1, 0.15) is 12.2 Å². The molecule has 8 atom stereocenters. The predicted octanol–water partition coefficient (Wildman–Crippen LogP) is 4.31. The number of fused-ring (bicyclic) bond motifs is 1. The molecule has 1 aliphatic heterocycles. The summed E-state index contributed by atoms with van der Waals surface area (Å²) in [5.41, 5.74) is 4.15. The molecule has 186 valence electrons. The molecule has 0 bridgehead atoms. The van der Waals surface area contributed by atoms with E-state index in [4.69, 9.17) is 14.2 Å². The maximum atomic E-state index is 11.6. The normalized spacial score (nSPS) is 35.3. The van der Waals surface area contributed by atoms with Gasteiger partial charge in [0.2, 0.25) is 0 Å². The van der Waals surface area contributed by atoms with Gasteiger partial charge in [-0.1, -0.05) is 35.5 Å². The van der Waals surface area contributed by atoms with E-state index in [-0.39, 0.29) is 6.61 Å². The highest BCUT2D eigenvalue weighted by atomic mass is 16.7. The standard InChI is InChI=1S/C27H42O6/c1-16(2)7-6-8-20(22-12-10-18(4)21-11-9-17(3)13-23(21)22)14-31-27-26(33-19(5)28)25(30)24(29)15-32-27/h7,13,20-27,29-30H,4,6,8-12,14-15H2,1-3,5H3/t20?,21-,22+,23-,24+,25-,26+,27+/m1/s1. The summed E-state index contributed by atoms with van der Waals surface area (Å²) in [5, 5.41) is 20.3. The first kappa shape index (κ1) is 26.1. The third-order valence-corrected chi connectivity index (χ3v) is 7.51. The number of hydrogen-bond acceptors (Lipinski definition) is 6. The average molecular weight is 463 g/mol. The molecule has 2 fully saturated rings. The summed E-state index contributed by atoms with van der Waals surface area (Å²) in [7, 11) is 0. The highest BCUT2D eigenvalue weighted by molar-refractivity contribution is 5.66. The lowest BCUT2D eigenvalue weighted by Crippen LogP contribution is -2.55. The maximum Gasteiger partial charge on any atom is 0.303 e. The SMILES string of the molecule is C=C1CC[C@@H](C(CCC=C(C)C)CO[C@H]2OC[C@H](O)[C@@H](O)[C@@H]2OC(C)=O)[C@@H]2C=C(C)CC[C@H]12. The zero-order valence-electron chi connectivity index (χ0n) is 20.7. The van der Waals surface area contributed by atoms with Crippen LogP contribution in [0.2, 0.25) is 0 Å². The molecule has 3 rings (SSSR count). The molecule has 6 nitrogen and oxygen atoms in total. The zero-order valence-corrected chi connectivity index (χ0v) is 20.7. The Morgan fingerprint density at radius 2 is 2.03 bits per heavy atom. The number of rotatable bonds is 8. The number of hydrogen-bond donors (Lipinski definition) is 2. The van der Waals surface area contributed by atoms with Crippen LogP contribution in [0.3, 0.4) is 0 Å². The van der Waals surface area contributed by atoms with E-state index in [1.54, 1.807) is 0 Å². The van der Waals surface area contributed by atoms with Crippen LogP contribution in [0.25, 0.3) is 0 Å². The lowest BCUT2D eigenvalue weighted by molar-refractivity contribution is -0.278. The Morgan fingerprint density at radius 1 is 1.27 bits per heavy atom. The minimum Gasteiger partial charge on any atom is -0.454 e. The Balaban J connectivity index is 1.76. The lowest BCUT2D eigenvalue weighted by atomic mass is 9.61. The number of aliphatic hydroxyl groups is 2. The first-order valence-electron chi connectivity index (χ1n) is 12.4. The molecule has 0 spiro atoms. The molecule has 0 aromatic carbocycles. The van der Waals surface area contributed by atoms with Crippen molar-refractivity contribution in [3.63, 3.8) is 0 Å². The molecular weight excluding hydrogens is 420 g/mol. The monoisotopic (exact) mass is 462 g/mol. The van der Waals surface area contributed by atoms with Crippen molar-refractivity contribution in [2.75, 3.05) is 13.2 Å². The van der Waals surface area contributed by atoms with Crippen LogP contribution in [0.15, 0.2) is 35.5 Å². The molecule has 1 saturated carbocycles. The first-order valence-corrected chi connectivity index (χ1v) is 12.4. The number of allylic oxidation sites excluding steroid dienone is 5. The van der Waals surface area contributed by atoms with Gasteiger partial charge in [0.15, 0.2) is 12.4 Å². The van der Waals surface area contributed by atoms with Crippen molar-refractivity contribution in [3.8, 4) is 0 Å². The Labute approximate surface area is 198 Å². The molecule has 0 radical (unpaired) electrons. The zero-order chi connectivity index (χ0) is 24.1. The summed E-state index contributed by atoms with van der Waals surface area (Å²) in [4.78, 5) is 11.6. The van der Waals surface area contributed by atoms with Crippen LogP contribution >= 0.6 is 0 Å². The van der Waals surface area contributed by atoms with Gasteiger partial charge in [-0.2, -0.15) is 0 Å². The highest BCUT2D eigenvalue weighted by Gasteiger charge is 2.44. The molecule has 1 heterocycles. The van der Waals surface area contributed by atoms with Crippen molar-refractivity contribution in [3.05, 3.63) is 35.5 Å². The molecule has 1 saturated heterocycles. The van der Waals surface area contributed by atoms with Crippen molar-refractivity contribution >= 4 is 5.97 Å². The van der Waals surface area contributed by atoms with Gasteiger partial charge in [-0.05, 0) is 83.0 Å². The molecular formula is C27H42O6. The average Bonchev–Trinajstić information content (AvgIpc) is 2.75. The Morgan fingerprint density at radius 3 is 2.73 bits per heavy atom. The van der Waals surface area contributed by atoms with Gasteiger partial charge < -0.3 is 24.4 Å². The second-order valence-electron chi connectivity index (χ2n) is 10.4. The second kappa shape index (κ2) is 11.8. The number of aliphatic hydroxyl groups excluding tert-OH is 2. The summed E-state index contributed by atoms with van der Waals surface area (Å²) >= 11 is 0. The van der Waals surface area contributed by atoms with Crippen LogP contribution in [-0.4, -0.2) is 54.0 Å². The summed E-state index contributed by atoms with van der Waals surface area (Å²) in [6.45, 7) is 12.5. The minimum atomic E-state index is -1.23. The minimum absolute atomic E-state index is 0.0537. The molecule has 33 heavy (non-hydrogen) atoms. The van der Waals surface area contributed by atoms with Crippen LogP contribution in [-0.2, 0) is 19.0 Å². The quantitative estimate of drug-likeness (QED) is 0.413. The number of ether oxygens (including phenoxy) is 3. The van der Waals surface area contributed by atoms with Crippen LogP contribution < -0.4 is 0 Å². The van der Waals surface area contributed by atoms with Crippen molar-refractivity contribution in [1.29, 1.82) is 0 Å². The summed E-state index contributed by atoms with van der Waals surface area (Å²) in [6.07, 6.45) is 6.90. The molecule has 3 aliphatic rings. The number of carbonyl (C=O) groups excluding carboxylic acids is 1. The smallest absolute Gasteiger partial charge is 0.303 e. The van der Waals surface area contributed by atoms with E-state index in [2.05, 4.69) is 39.5 Å². The van der Waals surface area contributed by atoms with Crippen molar-refractivity contribution < 1.29 is 29.2 Å². The van der Waals surface area contributed by atoms with Gasteiger partial charge in [-0.25, -0.2) is 0 Å². The second-order valence-corrected chi connectivity index (χ2v) is 10.4. The molecule has 2 N–H and O–H groups in total. The van der Waals surface area contributed by atoms with Gasteiger partial charge in [-0.3, -0.25) is 4.79 Å². The largest absolute Gasteiger partial charge is 0.454 e. The molecule has 6 heteroatoms. The first-order chi connectivity index (χ1) is 15.7. The topological polar surface area (TPSA) is 85.2 Å². The Kier molecular flexibility index (Phi) is 9.34. The highest BCUT2D eigenvalue weighted by Crippen LogP contribution is 2.48. The van der Waals surface area contributed by atoms with Crippen LogP contribution in [0, 0.1) is 23.7 Å². The number of carbonyl (C=O) groups is 1. The predicted molar refractivity (Wildman–Crippen MR) is 127 cm³/mol. The van der Waals surface area contributed by atoms with Crippen LogP contribution in [0.4, 0.5) is 0 Å². The fourth-order valence-corrected chi connectivity index (χ4v) is 5.73. The summed E-state index contributed by atoms with van der Waals surface area (Å²) < 4.78 is 17.1. The van der Waals surface area contributed by atoms with E-state index in [1.807, 2.05) is 0 Å². The van der Waals surface area contributed by atoms with Crippen molar-refractivity contribution in [2.24, 2.45) is 23.7 Å². The molecule has 2 aliphatic carbocycles.